The SMILES string of the molecule is Cc1cc(C(=O)NNC(=O)C2CCCCC2C(=O)[O-])ccc1[N+](=O)[O-]. The van der Waals surface area contributed by atoms with Crippen LogP contribution >= 0.6 is 0 Å². The summed E-state index contributed by atoms with van der Waals surface area (Å²) in [4.78, 5) is 45.5. The van der Waals surface area contributed by atoms with Gasteiger partial charge in [-0.1, -0.05) is 12.8 Å². The lowest BCUT2D eigenvalue weighted by Gasteiger charge is -2.31. The molecule has 0 spiro atoms. The van der Waals surface area contributed by atoms with E-state index in [2.05, 4.69) is 10.9 Å². The molecule has 25 heavy (non-hydrogen) atoms. The van der Waals surface area contributed by atoms with Crippen molar-refractivity contribution in [1.82, 2.24) is 10.9 Å². The quantitative estimate of drug-likeness (QED) is 0.589. The van der Waals surface area contributed by atoms with Crippen LogP contribution in [0.1, 0.15) is 41.6 Å². The number of nitro groups is 1. The summed E-state index contributed by atoms with van der Waals surface area (Å²) in [7, 11) is 0. The number of carbonyl (C=O) groups is 3. The number of benzene rings is 1. The summed E-state index contributed by atoms with van der Waals surface area (Å²) >= 11 is 0. The highest BCUT2D eigenvalue weighted by Gasteiger charge is 2.32. The molecule has 2 N–H and O–H groups in total. The molecule has 2 amide bonds. The molecule has 1 aliphatic rings. The highest BCUT2D eigenvalue weighted by molar-refractivity contribution is 5.96. The largest absolute Gasteiger partial charge is 0.550 e. The number of nitrogens with zero attached hydrogens (tertiary/aromatic N) is 1. The molecule has 1 aliphatic carbocycles. The van der Waals surface area contributed by atoms with Gasteiger partial charge in [0.05, 0.1) is 4.92 Å². The highest BCUT2D eigenvalue weighted by Crippen LogP contribution is 2.29. The van der Waals surface area contributed by atoms with Crippen LogP contribution < -0.4 is 16.0 Å². The minimum atomic E-state index is -1.27. The Bertz CT molecular complexity index is 718. The van der Waals surface area contributed by atoms with E-state index in [1.54, 1.807) is 0 Å². The predicted octanol–water partition coefficient (Wildman–Crippen LogP) is 0.221. The fourth-order valence-electron chi connectivity index (χ4n) is 3.01. The molecule has 1 aromatic carbocycles. The number of rotatable bonds is 4. The maximum Gasteiger partial charge on any atom is 0.272 e. The van der Waals surface area contributed by atoms with Gasteiger partial charge in [-0.3, -0.25) is 30.6 Å². The molecule has 0 saturated heterocycles. The molecule has 2 atom stereocenters. The molecule has 0 heterocycles. The van der Waals surface area contributed by atoms with Gasteiger partial charge in [-0.2, -0.15) is 0 Å². The Morgan fingerprint density at radius 1 is 1.12 bits per heavy atom. The molecule has 0 aromatic heterocycles. The first-order valence-corrected chi connectivity index (χ1v) is 7.87. The van der Waals surface area contributed by atoms with Gasteiger partial charge in [-0.05, 0) is 31.9 Å². The second-order valence-corrected chi connectivity index (χ2v) is 6.02. The van der Waals surface area contributed by atoms with Gasteiger partial charge in [0.1, 0.15) is 0 Å². The van der Waals surface area contributed by atoms with Crippen LogP contribution in [0, 0.1) is 28.9 Å². The van der Waals surface area contributed by atoms with Gasteiger partial charge in [-0.15, -0.1) is 0 Å². The minimum Gasteiger partial charge on any atom is -0.550 e. The third-order valence-electron chi connectivity index (χ3n) is 4.36. The molecule has 2 unspecified atom stereocenters. The predicted molar refractivity (Wildman–Crippen MR) is 83.9 cm³/mol. The number of hydrogen-bond acceptors (Lipinski definition) is 6. The number of hydrazine groups is 1. The molecule has 1 fully saturated rings. The Labute approximate surface area is 143 Å². The van der Waals surface area contributed by atoms with Gasteiger partial charge in [0.15, 0.2) is 0 Å². The van der Waals surface area contributed by atoms with Crippen molar-refractivity contribution < 1.29 is 24.4 Å². The topological polar surface area (TPSA) is 141 Å². The molecular formula is C16H18N3O6-. The van der Waals surface area contributed by atoms with Gasteiger partial charge >= 0.3 is 0 Å². The van der Waals surface area contributed by atoms with E-state index in [1.165, 1.54) is 25.1 Å². The standard InChI is InChI=1S/C16H19N3O6/c1-9-8-10(6-7-13(9)19(24)25)14(20)17-18-15(21)11-4-2-3-5-12(11)16(22)23/h6-8,11-12H,2-5H2,1H3,(H,17,20)(H,18,21)(H,22,23)/p-1. The number of nitro benzene ring substituents is 1. The minimum absolute atomic E-state index is 0.111. The molecular weight excluding hydrogens is 330 g/mol. The Morgan fingerprint density at radius 2 is 1.76 bits per heavy atom. The average Bonchev–Trinajstić information content (AvgIpc) is 2.58. The van der Waals surface area contributed by atoms with Crippen LogP contribution in [0.2, 0.25) is 0 Å². The van der Waals surface area contributed by atoms with E-state index in [4.69, 9.17) is 0 Å². The summed E-state index contributed by atoms with van der Waals surface area (Å²) in [5, 5.41) is 21.9. The first-order valence-electron chi connectivity index (χ1n) is 7.87. The zero-order valence-electron chi connectivity index (χ0n) is 13.6. The number of nitrogens with one attached hydrogen (secondary N) is 2. The lowest BCUT2D eigenvalue weighted by molar-refractivity contribution is -0.385. The molecule has 1 saturated carbocycles. The van der Waals surface area contributed by atoms with Crippen LogP contribution in [-0.4, -0.2) is 22.7 Å². The monoisotopic (exact) mass is 348 g/mol. The van der Waals surface area contributed by atoms with E-state index in [9.17, 15) is 29.6 Å². The van der Waals surface area contributed by atoms with Crippen molar-refractivity contribution in [1.29, 1.82) is 0 Å². The third kappa shape index (κ3) is 4.31. The molecule has 9 heteroatoms. The van der Waals surface area contributed by atoms with Crippen LogP contribution in [0.5, 0.6) is 0 Å². The molecule has 0 aliphatic heterocycles. The van der Waals surface area contributed by atoms with Gasteiger partial charge in [0.2, 0.25) is 5.91 Å². The highest BCUT2D eigenvalue weighted by atomic mass is 16.6. The summed E-state index contributed by atoms with van der Waals surface area (Å²) in [6.07, 6.45) is 2.24. The van der Waals surface area contributed by atoms with Crippen LogP contribution in [0.25, 0.3) is 0 Å². The van der Waals surface area contributed by atoms with Crippen molar-refractivity contribution in [3.63, 3.8) is 0 Å². The zero-order valence-corrected chi connectivity index (χ0v) is 13.6. The Kier molecular flexibility index (Phi) is 5.68. The summed E-state index contributed by atoms with van der Waals surface area (Å²) in [5.74, 6) is -4.12. The van der Waals surface area contributed by atoms with Crippen LogP contribution in [0.4, 0.5) is 5.69 Å². The van der Waals surface area contributed by atoms with Crippen molar-refractivity contribution in [2.45, 2.75) is 32.6 Å². The van der Waals surface area contributed by atoms with Crippen molar-refractivity contribution in [3.05, 3.63) is 39.4 Å². The van der Waals surface area contributed by atoms with Crippen molar-refractivity contribution in [2.24, 2.45) is 11.8 Å². The summed E-state index contributed by atoms with van der Waals surface area (Å²) in [6, 6.07) is 3.82. The second-order valence-electron chi connectivity index (χ2n) is 6.02. The molecule has 2 rings (SSSR count). The van der Waals surface area contributed by atoms with Crippen LogP contribution in [0.15, 0.2) is 18.2 Å². The fourth-order valence-corrected chi connectivity index (χ4v) is 3.01. The van der Waals surface area contributed by atoms with Gasteiger partial charge in [0.25, 0.3) is 11.6 Å². The van der Waals surface area contributed by atoms with Gasteiger partial charge < -0.3 is 9.90 Å². The number of aryl methyl sites for hydroxylation is 1. The third-order valence-corrected chi connectivity index (χ3v) is 4.36. The smallest absolute Gasteiger partial charge is 0.272 e. The number of amides is 2. The zero-order chi connectivity index (χ0) is 18.6. The van der Waals surface area contributed by atoms with E-state index in [1.807, 2.05) is 0 Å². The molecule has 1 aromatic rings. The van der Waals surface area contributed by atoms with Gasteiger partial charge in [-0.25, -0.2) is 0 Å². The summed E-state index contributed by atoms with van der Waals surface area (Å²) < 4.78 is 0. The van der Waals surface area contributed by atoms with Crippen LogP contribution in [-0.2, 0) is 9.59 Å². The van der Waals surface area contributed by atoms with E-state index in [0.29, 0.717) is 18.4 Å². The maximum atomic E-state index is 12.2. The molecule has 0 bridgehead atoms. The lowest BCUT2D eigenvalue weighted by atomic mass is 9.79. The lowest BCUT2D eigenvalue weighted by Crippen LogP contribution is -2.49. The molecule has 9 nitrogen and oxygen atoms in total. The Balaban J connectivity index is 1.99. The van der Waals surface area contributed by atoms with Crippen LogP contribution in [0.3, 0.4) is 0 Å². The van der Waals surface area contributed by atoms with Crippen molar-refractivity contribution in [3.8, 4) is 0 Å². The fraction of sp³-hybridized carbons (Fsp3) is 0.438. The van der Waals surface area contributed by atoms with Gasteiger partial charge in [0, 0.05) is 35.0 Å². The Hall–Kier alpha value is -2.97. The maximum absolute atomic E-state index is 12.2. The van der Waals surface area contributed by atoms with E-state index < -0.39 is 34.5 Å². The first-order chi connectivity index (χ1) is 11.8. The number of aliphatic carboxylic acids is 1. The number of carboxylic acids is 1. The molecule has 134 valence electrons. The second kappa shape index (κ2) is 7.73. The number of hydrogen-bond donors (Lipinski definition) is 2. The van der Waals surface area contributed by atoms with Crippen molar-refractivity contribution in [2.75, 3.05) is 0 Å². The molecule has 0 radical (unpaired) electrons. The first kappa shape index (κ1) is 18.4. The van der Waals surface area contributed by atoms with E-state index in [0.717, 1.165) is 12.8 Å². The van der Waals surface area contributed by atoms with E-state index in [-0.39, 0.29) is 11.3 Å². The Morgan fingerprint density at radius 3 is 2.32 bits per heavy atom. The summed E-state index contributed by atoms with van der Waals surface area (Å²) in [6.45, 7) is 1.50. The number of carbonyl (C=O) groups excluding carboxylic acids is 3. The number of carboxylic acid groups (broad SMARTS) is 1. The van der Waals surface area contributed by atoms with Crippen molar-refractivity contribution >= 4 is 23.5 Å². The average molecular weight is 348 g/mol. The normalized spacial score (nSPS) is 19.7. The van der Waals surface area contributed by atoms with E-state index >= 15 is 0 Å². The summed E-state index contributed by atoms with van der Waals surface area (Å²) in [5.41, 5.74) is 4.78.